The number of nitrogens with one attached hydrogen (secondary N) is 1. The van der Waals surface area contributed by atoms with Crippen molar-refractivity contribution in [1.29, 1.82) is 0 Å². The maximum atomic E-state index is 12.0. The van der Waals surface area contributed by atoms with Crippen LogP contribution in [-0.2, 0) is 4.79 Å². The zero-order valence-corrected chi connectivity index (χ0v) is 11.9. The summed E-state index contributed by atoms with van der Waals surface area (Å²) < 4.78 is 10.3. The lowest BCUT2D eigenvalue weighted by Crippen LogP contribution is -2.40. The molecule has 0 heterocycles. The topological polar surface area (TPSA) is 73.6 Å². The van der Waals surface area contributed by atoms with E-state index in [4.69, 9.17) is 15.2 Å². The molecule has 0 aliphatic rings. The molecular weight excluding hydrogens is 244 g/mol. The van der Waals surface area contributed by atoms with Crippen molar-refractivity contribution in [1.82, 2.24) is 0 Å². The summed E-state index contributed by atoms with van der Waals surface area (Å²) in [5.41, 5.74) is 6.46. The SMILES string of the molecule is CCC(C)[C@H](N)C(=O)Nc1cc(OC)ccc1OC. The van der Waals surface area contributed by atoms with Crippen molar-refractivity contribution in [3.8, 4) is 11.5 Å². The van der Waals surface area contributed by atoms with Crippen LogP contribution in [0.15, 0.2) is 18.2 Å². The zero-order valence-electron chi connectivity index (χ0n) is 11.9. The molecule has 1 unspecified atom stereocenters. The van der Waals surface area contributed by atoms with E-state index in [1.54, 1.807) is 32.4 Å². The van der Waals surface area contributed by atoms with Gasteiger partial charge in [0.25, 0.3) is 0 Å². The molecule has 106 valence electrons. The summed E-state index contributed by atoms with van der Waals surface area (Å²) in [7, 11) is 3.12. The summed E-state index contributed by atoms with van der Waals surface area (Å²) in [4.78, 5) is 12.0. The summed E-state index contributed by atoms with van der Waals surface area (Å²) >= 11 is 0. The van der Waals surface area contributed by atoms with Crippen molar-refractivity contribution < 1.29 is 14.3 Å². The normalized spacial score (nSPS) is 13.5. The van der Waals surface area contributed by atoms with E-state index in [9.17, 15) is 4.79 Å². The summed E-state index contributed by atoms with van der Waals surface area (Å²) in [6, 6.07) is 4.67. The summed E-state index contributed by atoms with van der Waals surface area (Å²) in [6.07, 6.45) is 0.851. The third-order valence-electron chi connectivity index (χ3n) is 3.22. The molecule has 0 spiro atoms. The molecule has 0 fully saturated rings. The molecule has 1 aromatic rings. The summed E-state index contributed by atoms with van der Waals surface area (Å²) in [6.45, 7) is 3.96. The molecule has 5 nitrogen and oxygen atoms in total. The van der Waals surface area contributed by atoms with Gasteiger partial charge in [-0.1, -0.05) is 20.3 Å². The van der Waals surface area contributed by atoms with Crippen molar-refractivity contribution in [2.24, 2.45) is 11.7 Å². The van der Waals surface area contributed by atoms with Gasteiger partial charge < -0.3 is 20.5 Å². The maximum Gasteiger partial charge on any atom is 0.241 e. The molecule has 3 N–H and O–H groups in total. The van der Waals surface area contributed by atoms with Crippen molar-refractivity contribution in [2.45, 2.75) is 26.3 Å². The number of hydrogen-bond acceptors (Lipinski definition) is 4. The Morgan fingerprint density at radius 1 is 1.37 bits per heavy atom. The third-order valence-corrected chi connectivity index (χ3v) is 3.22. The van der Waals surface area contributed by atoms with E-state index in [2.05, 4.69) is 5.32 Å². The molecule has 19 heavy (non-hydrogen) atoms. The van der Waals surface area contributed by atoms with Gasteiger partial charge in [0.15, 0.2) is 0 Å². The van der Waals surface area contributed by atoms with Gasteiger partial charge in [-0.15, -0.1) is 0 Å². The Morgan fingerprint density at radius 2 is 2.05 bits per heavy atom. The lowest BCUT2D eigenvalue weighted by molar-refractivity contribution is -0.118. The van der Waals surface area contributed by atoms with Crippen LogP contribution >= 0.6 is 0 Å². The van der Waals surface area contributed by atoms with Gasteiger partial charge in [0, 0.05) is 6.07 Å². The number of ether oxygens (including phenoxy) is 2. The van der Waals surface area contributed by atoms with Crippen LogP contribution in [0.1, 0.15) is 20.3 Å². The van der Waals surface area contributed by atoms with Crippen LogP contribution in [0.2, 0.25) is 0 Å². The molecule has 1 aromatic carbocycles. The number of hydrogen-bond donors (Lipinski definition) is 2. The molecule has 0 aromatic heterocycles. The second-order valence-corrected chi connectivity index (χ2v) is 4.47. The van der Waals surface area contributed by atoms with Gasteiger partial charge in [0.2, 0.25) is 5.91 Å². The fourth-order valence-electron chi connectivity index (χ4n) is 1.64. The average Bonchev–Trinajstić information content (AvgIpc) is 2.45. The maximum absolute atomic E-state index is 12.0. The highest BCUT2D eigenvalue weighted by Crippen LogP contribution is 2.29. The largest absolute Gasteiger partial charge is 0.497 e. The number of anilines is 1. The molecule has 0 aliphatic carbocycles. The molecule has 0 aliphatic heterocycles. The number of methoxy groups -OCH3 is 2. The number of rotatable bonds is 6. The smallest absolute Gasteiger partial charge is 0.241 e. The van der Waals surface area contributed by atoms with Crippen LogP contribution in [-0.4, -0.2) is 26.2 Å². The molecule has 0 saturated heterocycles. The van der Waals surface area contributed by atoms with E-state index in [0.717, 1.165) is 6.42 Å². The Bertz CT molecular complexity index is 435. The number of carbonyl (C=O) groups is 1. The van der Waals surface area contributed by atoms with Gasteiger partial charge in [0.05, 0.1) is 25.9 Å². The molecule has 0 saturated carbocycles. The van der Waals surface area contributed by atoms with Crippen molar-refractivity contribution in [2.75, 3.05) is 19.5 Å². The van der Waals surface area contributed by atoms with Crippen LogP contribution in [0.25, 0.3) is 0 Å². The van der Waals surface area contributed by atoms with E-state index < -0.39 is 6.04 Å². The number of nitrogens with two attached hydrogens (primary N) is 1. The standard InChI is InChI=1S/C14H22N2O3/c1-5-9(2)13(15)14(17)16-11-8-10(18-3)6-7-12(11)19-4/h6-9,13H,5,15H2,1-4H3,(H,16,17)/t9?,13-/m0/s1. The van der Waals surface area contributed by atoms with Gasteiger partial charge in [-0.05, 0) is 18.1 Å². The minimum Gasteiger partial charge on any atom is -0.497 e. The highest BCUT2D eigenvalue weighted by atomic mass is 16.5. The predicted molar refractivity (Wildman–Crippen MR) is 75.6 cm³/mol. The number of benzene rings is 1. The van der Waals surface area contributed by atoms with E-state index in [-0.39, 0.29) is 11.8 Å². The van der Waals surface area contributed by atoms with Gasteiger partial charge in [-0.3, -0.25) is 4.79 Å². The van der Waals surface area contributed by atoms with Crippen LogP contribution < -0.4 is 20.5 Å². The molecule has 1 rings (SSSR count). The Balaban J connectivity index is 2.88. The lowest BCUT2D eigenvalue weighted by Gasteiger charge is -2.19. The van der Waals surface area contributed by atoms with E-state index >= 15 is 0 Å². The van der Waals surface area contributed by atoms with Crippen LogP contribution in [0, 0.1) is 5.92 Å². The summed E-state index contributed by atoms with van der Waals surface area (Å²) in [5, 5.41) is 2.78. The quantitative estimate of drug-likeness (QED) is 0.826. The fraction of sp³-hybridized carbons (Fsp3) is 0.500. The van der Waals surface area contributed by atoms with Gasteiger partial charge in [0.1, 0.15) is 11.5 Å². The zero-order chi connectivity index (χ0) is 14.4. The number of carbonyl (C=O) groups excluding carboxylic acids is 1. The Labute approximate surface area is 114 Å². The minimum absolute atomic E-state index is 0.122. The minimum atomic E-state index is -0.541. The Kier molecular flexibility index (Phi) is 5.63. The van der Waals surface area contributed by atoms with Crippen LogP contribution in [0.3, 0.4) is 0 Å². The molecule has 0 radical (unpaired) electrons. The average molecular weight is 266 g/mol. The van der Waals surface area contributed by atoms with Crippen molar-refractivity contribution >= 4 is 11.6 Å². The van der Waals surface area contributed by atoms with Gasteiger partial charge in [-0.25, -0.2) is 0 Å². The first-order valence-corrected chi connectivity index (χ1v) is 6.31. The van der Waals surface area contributed by atoms with Crippen molar-refractivity contribution in [3.05, 3.63) is 18.2 Å². The van der Waals surface area contributed by atoms with E-state index in [1.165, 1.54) is 0 Å². The third kappa shape index (κ3) is 3.86. The van der Waals surface area contributed by atoms with E-state index in [1.807, 2.05) is 13.8 Å². The number of amides is 1. The Hall–Kier alpha value is -1.75. The predicted octanol–water partition coefficient (Wildman–Crippen LogP) is 2.02. The lowest BCUT2D eigenvalue weighted by atomic mass is 9.99. The first kappa shape index (κ1) is 15.3. The molecule has 0 bridgehead atoms. The van der Waals surface area contributed by atoms with Crippen molar-refractivity contribution in [3.63, 3.8) is 0 Å². The Morgan fingerprint density at radius 3 is 2.58 bits per heavy atom. The molecular formula is C14H22N2O3. The first-order chi connectivity index (χ1) is 9.03. The fourth-order valence-corrected chi connectivity index (χ4v) is 1.64. The highest BCUT2D eigenvalue weighted by Gasteiger charge is 2.20. The van der Waals surface area contributed by atoms with E-state index in [0.29, 0.717) is 17.2 Å². The highest BCUT2D eigenvalue weighted by molar-refractivity contribution is 5.96. The monoisotopic (exact) mass is 266 g/mol. The summed E-state index contributed by atoms with van der Waals surface area (Å²) in [5.74, 6) is 1.12. The van der Waals surface area contributed by atoms with Crippen LogP contribution in [0.5, 0.6) is 11.5 Å². The molecule has 2 atom stereocenters. The van der Waals surface area contributed by atoms with Gasteiger partial charge in [-0.2, -0.15) is 0 Å². The second-order valence-electron chi connectivity index (χ2n) is 4.47. The molecule has 1 amide bonds. The first-order valence-electron chi connectivity index (χ1n) is 6.31. The van der Waals surface area contributed by atoms with Crippen LogP contribution in [0.4, 0.5) is 5.69 Å². The molecule has 5 heteroatoms. The van der Waals surface area contributed by atoms with Gasteiger partial charge >= 0.3 is 0 Å². The second kappa shape index (κ2) is 6.99.